The molecule has 1 aliphatic heterocycles. The molecule has 0 radical (unpaired) electrons. The predicted molar refractivity (Wildman–Crippen MR) is 94.7 cm³/mol. The minimum atomic E-state index is -3.33. The van der Waals surface area contributed by atoms with Gasteiger partial charge in [-0.2, -0.15) is 0 Å². The molecule has 1 fully saturated rings. The van der Waals surface area contributed by atoms with Crippen molar-refractivity contribution in [3.63, 3.8) is 0 Å². The molecule has 1 aromatic carbocycles. The highest BCUT2D eigenvalue weighted by Gasteiger charge is 2.23. The molecule has 1 aromatic heterocycles. The van der Waals surface area contributed by atoms with Gasteiger partial charge in [0.05, 0.1) is 36.0 Å². The van der Waals surface area contributed by atoms with Crippen molar-refractivity contribution in [2.24, 2.45) is 0 Å². The van der Waals surface area contributed by atoms with Crippen molar-refractivity contribution in [3.8, 4) is 0 Å². The topological polar surface area (TPSA) is 60.8 Å². The van der Waals surface area contributed by atoms with Gasteiger partial charge in [-0.1, -0.05) is 18.2 Å². The number of hydrogen-bond acceptors (Lipinski definition) is 4. The molecule has 3 rings (SSSR count). The largest absolute Gasteiger partial charge is 0.443 e. The first-order chi connectivity index (χ1) is 14.8. The second-order valence-electron chi connectivity index (χ2n) is 6.46. The normalized spacial score (nSPS) is 28.2. The maximum absolute atomic E-state index is 13.2. The molecule has 0 spiro atoms. The third-order valence-corrected chi connectivity index (χ3v) is 3.39. The molecule has 2 heterocycles. The van der Waals surface area contributed by atoms with Crippen LogP contribution in [0.3, 0.4) is 0 Å². The summed E-state index contributed by atoms with van der Waals surface area (Å²) in [6, 6.07) is 6.54. The lowest BCUT2D eigenvalue weighted by Crippen LogP contribution is -2.41. The van der Waals surface area contributed by atoms with Gasteiger partial charge in [-0.25, -0.2) is 4.79 Å². The average Bonchev–Trinajstić information content (AvgIpc) is 2.96. The van der Waals surface area contributed by atoms with Crippen LogP contribution in [0.25, 0.3) is 10.9 Å². The number of benzene rings is 1. The predicted octanol–water partition coefficient (Wildman–Crippen LogP) is 2.83. The zero-order chi connectivity index (χ0) is 25.2. The van der Waals surface area contributed by atoms with Crippen LogP contribution in [0.4, 0.5) is 4.79 Å². The third kappa shape index (κ3) is 4.02. The molecule has 1 aliphatic rings. The monoisotopic (exact) mass is 352 g/mol. The molecule has 6 nitrogen and oxygen atoms in total. The number of ether oxygens (including phenoxy) is 2. The summed E-state index contributed by atoms with van der Waals surface area (Å²) in [6.45, 7) is -8.27. The quantitative estimate of drug-likeness (QED) is 0.834. The smallest absolute Gasteiger partial charge is 0.419 e. The van der Waals surface area contributed by atoms with E-state index in [0.29, 0.717) is 10.9 Å². The standard InChI is InChI=1S/C19H24N2O4/c1-19(2,3)25-18(23)21-13-14(15-6-4-5-7-16(15)21)12-17(22)20-8-10-24-11-9-20/h4-7,13H,8-12H2,1-3H3/i8D2,9D2,10D2,11D2. The lowest BCUT2D eigenvalue weighted by Gasteiger charge is -2.26. The van der Waals surface area contributed by atoms with Gasteiger partial charge >= 0.3 is 6.09 Å². The zero-order valence-electron chi connectivity index (χ0n) is 22.1. The Kier molecular flexibility index (Phi) is 2.74. The number of fused-ring (bicyclic) bond motifs is 1. The Morgan fingerprint density at radius 3 is 2.60 bits per heavy atom. The highest BCUT2D eigenvalue weighted by molar-refractivity contribution is 5.94. The molecule has 25 heavy (non-hydrogen) atoms. The molecular weight excluding hydrogens is 320 g/mol. The van der Waals surface area contributed by atoms with Gasteiger partial charge in [0, 0.05) is 24.6 Å². The average molecular weight is 352 g/mol. The summed E-state index contributed by atoms with van der Waals surface area (Å²) < 4.78 is 74.1. The zero-order valence-corrected chi connectivity index (χ0v) is 14.1. The van der Waals surface area contributed by atoms with Crippen molar-refractivity contribution in [2.75, 3.05) is 26.1 Å². The van der Waals surface area contributed by atoms with Gasteiger partial charge in [0.15, 0.2) is 0 Å². The molecule has 6 heteroatoms. The Morgan fingerprint density at radius 2 is 1.92 bits per heavy atom. The highest BCUT2D eigenvalue weighted by atomic mass is 16.6. The van der Waals surface area contributed by atoms with Gasteiger partial charge < -0.3 is 14.4 Å². The SMILES string of the molecule is [2H]C1([2H])OC([2H])([2H])C([2H])([2H])N(C(=O)Cc2cn(C(=O)OC(C)(C)C)c3ccccc23)C1([2H])[2H]. The first kappa shape index (κ1) is 9.97. The summed E-state index contributed by atoms with van der Waals surface area (Å²) in [5.41, 5.74) is -0.177. The van der Waals surface area contributed by atoms with Gasteiger partial charge in [0.2, 0.25) is 5.91 Å². The van der Waals surface area contributed by atoms with Crippen LogP contribution in [0.15, 0.2) is 30.5 Å². The molecule has 0 unspecified atom stereocenters. The van der Waals surface area contributed by atoms with E-state index in [9.17, 15) is 9.59 Å². The third-order valence-electron chi connectivity index (χ3n) is 3.39. The first-order valence-electron chi connectivity index (χ1n) is 11.7. The maximum Gasteiger partial charge on any atom is 0.419 e. The fourth-order valence-electron chi connectivity index (χ4n) is 2.41. The van der Waals surface area contributed by atoms with Crippen LogP contribution in [0.5, 0.6) is 0 Å². The number of nitrogens with zero attached hydrogens (tertiary/aromatic N) is 2. The fraction of sp³-hybridized carbons (Fsp3) is 0.474. The van der Waals surface area contributed by atoms with Gasteiger partial charge in [-0.15, -0.1) is 0 Å². The van der Waals surface area contributed by atoms with E-state index in [2.05, 4.69) is 4.74 Å². The molecule has 1 saturated heterocycles. The van der Waals surface area contributed by atoms with E-state index in [4.69, 9.17) is 15.7 Å². The minimum Gasteiger partial charge on any atom is -0.443 e. The Labute approximate surface area is 158 Å². The number of hydrogen-bond donors (Lipinski definition) is 0. The highest BCUT2D eigenvalue weighted by Crippen LogP contribution is 2.24. The first-order valence-corrected chi connectivity index (χ1v) is 7.67. The van der Waals surface area contributed by atoms with Crippen molar-refractivity contribution in [1.29, 1.82) is 0 Å². The fourth-order valence-corrected chi connectivity index (χ4v) is 2.41. The van der Waals surface area contributed by atoms with E-state index >= 15 is 0 Å². The number of carbonyl (C=O) groups is 2. The van der Waals surface area contributed by atoms with Crippen LogP contribution in [0.1, 0.15) is 37.3 Å². The number of carbonyl (C=O) groups excluding carboxylic acids is 2. The van der Waals surface area contributed by atoms with Crippen LogP contribution in [-0.2, 0) is 20.7 Å². The van der Waals surface area contributed by atoms with E-state index < -0.39 is 50.1 Å². The summed E-state index contributed by atoms with van der Waals surface area (Å²) in [6.07, 6.45) is -0.0467. The molecule has 1 amide bonds. The summed E-state index contributed by atoms with van der Waals surface area (Å²) in [5.74, 6) is -1.23. The number of aromatic nitrogens is 1. The van der Waals surface area contributed by atoms with Crippen molar-refractivity contribution in [2.45, 2.75) is 32.8 Å². The summed E-state index contributed by atoms with van der Waals surface area (Å²) in [5, 5.41) is 0.442. The number of rotatable bonds is 2. The molecule has 0 aliphatic carbocycles. The van der Waals surface area contributed by atoms with E-state index in [1.807, 2.05) is 0 Å². The van der Waals surface area contributed by atoms with Crippen LogP contribution in [0.2, 0.25) is 0 Å². The molecule has 0 bridgehead atoms. The Balaban J connectivity index is 2.05. The molecule has 134 valence electrons. The lowest BCUT2D eigenvalue weighted by molar-refractivity contribution is -0.134. The van der Waals surface area contributed by atoms with Gasteiger partial charge in [-0.3, -0.25) is 9.36 Å². The molecule has 0 atom stereocenters. The van der Waals surface area contributed by atoms with E-state index in [1.165, 1.54) is 10.8 Å². The van der Waals surface area contributed by atoms with E-state index in [-0.39, 0.29) is 10.5 Å². The number of morpholine rings is 1. The van der Waals surface area contributed by atoms with Crippen LogP contribution in [0, 0.1) is 0 Å². The molecular formula is C19H24N2O4. The summed E-state index contributed by atoms with van der Waals surface area (Å²) in [4.78, 5) is 25.7. The Bertz CT molecular complexity index is 1080. The molecule has 0 N–H and O–H groups in total. The number of amides is 1. The Hall–Kier alpha value is -2.34. The van der Waals surface area contributed by atoms with Gasteiger partial charge in [-0.05, 0) is 32.4 Å². The van der Waals surface area contributed by atoms with Crippen LogP contribution >= 0.6 is 0 Å². The van der Waals surface area contributed by atoms with Crippen LogP contribution in [-0.4, -0.2) is 53.2 Å². The second kappa shape index (κ2) is 6.88. The maximum atomic E-state index is 13.2. The molecule has 0 saturated carbocycles. The van der Waals surface area contributed by atoms with E-state index in [1.54, 1.807) is 45.0 Å². The minimum absolute atomic E-state index is 0.0942. The van der Waals surface area contributed by atoms with Gasteiger partial charge in [0.25, 0.3) is 0 Å². The lowest BCUT2D eigenvalue weighted by atomic mass is 10.1. The molecule has 2 aromatic rings. The summed E-state index contributed by atoms with van der Waals surface area (Å²) >= 11 is 0. The van der Waals surface area contributed by atoms with Gasteiger partial charge in [0.1, 0.15) is 5.60 Å². The van der Waals surface area contributed by atoms with E-state index in [0.717, 1.165) is 0 Å². The van der Waals surface area contributed by atoms with Crippen molar-refractivity contribution >= 4 is 22.9 Å². The second-order valence-corrected chi connectivity index (χ2v) is 6.46. The van der Waals surface area contributed by atoms with Crippen molar-refractivity contribution in [1.82, 2.24) is 9.47 Å². The van der Waals surface area contributed by atoms with Crippen molar-refractivity contribution in [3.05, 3.63) is 36.0 Å². The number of para-hydroxylation sites is 1. The summed E-state index contributed by atoms with van der Waals surface area (Å²) in [7, 11) is 0. The van der Waals surface area contributed by atoms with Crippen LogP contribution < -0.4 is 0 Å². The van der Waals surface area contributed by atoms with Crippen molar-refractivity contribution < 1.29 is 30.0 Å². The Morgan fingerprint density at radius 1 is 1.24 bits per heavy atom.